The van der Waals surface area contributed by atoms with Gasteiger partial charge in [-0.2, -0.15) is 8.78 Å². The van der Waals surface area contributed by atoms with Crippen molar-refractivity contribution in [3.05, 3.63) is 144 Å². The quantitative estimate of drug-likeness (QED) is 0.0486. The second-order valence-electron chi connectivity index (χ2n) is 11.8. The van der Waals surface area contributed by atoms with Gasteiger partial charge in [0.25, 0.3) is 5.92 Å². The van der Waals surface area contributed by atoms with Crippen molar-refractivity contribution in [3.63, 3.8) is 0 Å². The van der Waals surface area contributed by atoms with Gasteiger partial charge in [-0.1, -0.05) is 68.6 Å². The number of rotatable bonds is 17. The van der Waals surface area contributed by atoms with Gasteiger partial charge >= 0.3 is 11.9 Å². The van der Waals surface area contributed by atoms with Crippen molar-refractivity contribution < 1.29 is 37.3 Å². The third-order valence-electron chi connectivity index (χ3n) is 8.37. The number of aryl methyl sites for hydroxylation is 4. The smallest absolute Gasteiger partial charge is 0.333 e. The molecule has 1 unspecified atom stereocenters. The van der Waals surface area contributed by atoms with E-state index in [-0.39, 0.29) is 17.7 Å². The van der Waals surface area contributed by atoms with Crippen LogP contribution in [0.3, 0.4) is 0 Å². The number of ether oxygens (including phenoxy) is 4. The first kappa shape index (κ1) is 35.1. The minimum Gasteiger partial charge on any atom is -0.493 e. The first-order valence-electron chi connectivity index (χ1n) is 16.4. The summed E-state index contributed by atoms with van der Waals surface area (Å²) in [5, 5.41) is 0. The molecule has 4 aromatic carbocycles. The number of alkyl halides is 2. The first-order chi connectivity index (χ1) is 23.7. The fraction of sp³-hybridized carbons (Fsp3) is 0.268. The number of esters is 2. The Kier molecular flexibility index (Phi) is 11.6. The summed E-state index contributed by atoms with van der Waals surface area (Å²) in [4.78, 5) is 22.6. The van der Waals surface area contributed by atoms with E-state index in [0.717, 1.165) is 34.4 Å². The molecular weight excluding hydrogens is 626 g/mol. The Hall–Kier alpha value is -5.24. The molecule has 1 atom stereocenters. The van der Waals surface area contributed by atoms with Crippen LogP contribution in [0.4, 0.5) is 8.78 Å². The topological polar surface area (TPSA) is 71.1 Å². The fourth-order valence-electron chi connectivity index (χ4n) is 5.69. The second kappa shape index (κ2) is 16.2. The van der Waals surface area contributed by atoms with Crippen molar-refractivity contribution in [3.8, 4) is 22.6 Å². The first-order valence-corrected chi connectivity index (χ1v) is 16.4. The molecule has 0 saturated heterocycles. The highest BCUT2D eigenvalue weighted by atomic mass is 19.3. The third kappa shape index (κ3) is 9.02. The summed E-state index contributed by atoms with van der Waals surface area (Å²) in [5.41, 5.74) is 5.08. The lowest BCUT2D eigenvalue weighted by Crippen LogP contribution is -2.22. The van der Waals surface area contributed by atoms with E-state index in [9.17, 15) is 9.59 Å². The maximum atomic E-state index is 15.9. The van der Waals surface area contributed by atoms with E-state index in [1.54, 1.807) is 12.1 Å². The SMILES string of the molecule is C=CC(=O)OCCCOc1ccc(CCc2ccc3c(c2)C(F)(F)c2cc(CCc4ccc(OC(CC)OC(=O)C=C)cc4)ccc2-3)cc1. The number of hydrogen-bond acceptors (Lipinski definition) is 6. The summed E-state index contributed by atoms with van der Waals surface area (Å²) in [6.07, 6.45) is 5.18. The van der Waals surface area contributed by atoms with Gasteiger partial charge in [-0.3, -0.25) is 0 Å². The zero-order chi connectivity index (χ0) is 34.8. The average Bonchev–Trinajstić information content (AvgIpc) is 3.35. The van der Waals surface area contributed by atoms with Crippen molar-refractivity contribution >= 4 is 11.9 Å². The van der Waals surface area contributed by atoms with E-state index < -0.39 is 24.2 Å². The summed E-state index contributed by atoms with van der Waals surface area (Å²) in [7, 11) is 0. The predicted octanol–water partition coefficient (Wildman–Crippen LogP) is 8.72. The van der Waals surface area contributed by atoms with Crippen molar-refractivity contribution in [2.75, 3.05) is 13.2 Å². The maximum Gasteiger partial charge on any atom is 0.333 e. The van der Waals surface area contributed by atoms with Crippen LogP contribution < -0.4 is 9.47 Å². The molecule has 0 saturated carbocycles. The van der Waals surface area contributed by atoms with Crippen LogP contribution in [0, 0.1) is 0 Å². The molecule has 1 aliphatic rings. The summed E-state index contributed by atoms with van der Waals surface area (Å²) < 4.78 is 53.3. The Morgan fingerprint density at radius 1 is 0.694 bits per heavy atom. The van der Waals surface area contributed by atoms with Gasteiger partial charge in [0, 0.05) is 36.1 Å². The molecule has 0 aromatic heterocycles. The largest absolute Gasteiger partial charge is 0.493 e. The van der Waals surface area contributed by atoms with E-state index >= 15 is 8.78 Å². The zero-order valence-corrected chi connectivity index (χ0v) is 27.6. The van der Waals surface area contributed by atoms with Gasteiger partial charge in [-0.05, 0) is 95.5 Å². The second-order valence-corrected chi connectivity index (χ2v) is 11.8. The van der Waals surface area contributed by atoms with Crippen LogP contribution in [0.1, 0.15) is 53.1 Å². The van der Waals surface area contributed by atoms with Gasteiger partial charge in [0.2, 0.25) is 6.29 Å². The van der Waals surface area contributed by atoms with Crippen molar-refractivity contribution in [1.29, 1.82) is 0 Å². The van der Waals surface area contributed by atoms with Gasteiger partial charge in [0.15, 0.2) is 0 Å². The normalized spacial score (nSPS) is 13.0. The molecule has 8 heteroatoms. The minimum atomic E-state index is -3.08. The summed E-state index contributed by atoms with van der Waals surface area (Å²) in [5.74, 6) is -2.79. The summed E-state index contributed by atoms with van der Waals surface area (Å²) in [6.45, 7) is 9.29. The lowest BCUT2D eigenvalue weighted by Gasteiger charge is -2.17. The van der Waals surface area contributed by atoms with Crippen LogP contribution in [0.15, 0.2) is 110 Å². The van der Waals surface area contributed by atoms with Gasteiger partial charge in [0.05, 0.1) is 13.2 Å². The molecule has 49 heavy (non-hydrogen) atoms. The van der Waals surface area contributed by atoms with Crippen LogP contribution in [-0.4, -0.2) is 31.4 Å². The fourth-order valence-corrected chi connectivity index (χ4v) is 5.69. The molecule has 1 aliphatic carbocycles. The molecule has 0 amide bonds. The van der Waals surface area contributed by atoms with Crippen LogP contribution in [0.5, 0.6) is 11.5 Å². The van der Waals surface area contributed by atoms with Crippen LogP contribution >= 0.6 is 0 Å². The predicted molar refractivity (Wildman–Crippen MR) is 185 cm³/mol. The molecule has 0 aliphatic heterocycles. The number of carbonyl (C=O) groups is 2. The molecule has 4 aromatic rings. The molecule has 0 bridgehead atoms. The van der Waals surface area contributed by atoms with Gasteiger partial charge in [0.1, 0.15) is 11.5 Å². The maximum absolute atomic E-state index is 15.9. The Morgan fingerprint density at radius 2 is 1.18 bits per heavy atom. The van der Waals surface area contributed by atoms with Crippen molar-refractivity contribution in [2.24, 2.45) is 0 Å². The molecular formula is C41H40F2O6. The van der Waals surface area contributed by atoms with Crippen LogP contribution in [-0.2, 0) is 50.7 Å². The molecule has 254 valence electrons. The van der Waals surface area contributed by atoms with E-state index in [1.165, 1.54) is 0 Å². The molecule has 0 radical (unpaired) electrons. The highest BCUT2D eigenvalue weighted by Gasteiger charge is 2.44. The van der Waals surface area contributed by atoms with Crippen LogP contribution in [0.25, 0.3) is 11.1 Å². The monoisotopic (exact) mass is 666 g/mol. The number of carbonyl (C=O) groups excluding carboxylic acids is 2. The van der Waals surface area contributed by atoms with E-state index in [2.05, 4.69) is 13.2 Å². The number of halogens is 2. The Labute approximate surface area is 286 Å². The third-order valence-corrected chi connectivity index (χ3v) is 8.37. The highest BCUT2D eigenvalue weighted by molar-refractivity contribution is 5.82. The van der Waals surface area contributed by atoms with E-state index in [1.807, 2.05) is 79.7 Å². The van der Waals surface area contributed by atoms with Crippen molar-refractivity contribution in [1.82, 2.24) is 0 Å². The molecule has 0 N–H and O–H groups in total. The molecule has 0 spiro atoms. The molecule has 5 rings (SSSR count). The molecule has 0 fully saturated rings. The van der Waals surface area contributed by atoms with E-state index in [0.29, 0.717) is 67.8 Å². The minimum absolute atomic E-state index is 0.0510. The molecule has 6 nitrogen and oxygen atoms in total. The average molecular weight is 667 g/mol. The Balaban J connectivity index is 1.14. The van der Waals surface area contributed by atoms with Gasteiger partial charge in [-0.15, -0.1) is 0 Å². The standard InChI is InChI=1S/C41H40F2O6/c1-4-38(44)47-25-7-24-46-32-18-12-28(13-19-32)8-10-30-16-22-34-35-23-17-31(27-37(35)41(42,43)36(34)26-30)11-9-29-14-20-33(21-15-29)48-40(6-3)49-39(45)5-2/h4-5,12-23,26-27,40H,1-2,6-11,24-25H2,3H3. The Bertz CT molecular complexity index is 1780. The van der Waals surface area contributed by atoms with E-state index in [4.69, 9.17) is 18.9 Å². The molecule has 0 heterocycles. The highest BCUT2D eigenvalue weighted by Crippen LogP contribution is 2.51. The summed E-state index contributed by atoms with van der Waals surface area (Å²) in [6, 6.07) is 26.0. The van der Waals surface area contributed by atoms with Gasteiger partial charge in [-0.25, -0.2) is 9.59 Å². The zero-order valence-electron chi connectivity index (χ0n) is 27.6. The van der Waals surface area contributed by atoms with Crippen LogP contribution in [0.2, 0.25) is 0 Å². The Morgan fingerprint density at radius 3 is 1.69 bits per heavy atom. The number of fused-ring (bicyclic) bond motifs is 3. The lowest BCUT2D eigenvalue weighted by molar-refractivity contribution is -0.157. The number of hydrogen-bond donors (Lipinski definition) is 0. The summed E-state index contributed by atoms with van der Waals surface area (Å²) >= 11 is 0. The lowest BCUT2D eigenvalue weighted by atomic mass is 9.98. The number of benzene rings is 4. The van der Waals surface area contributed by atoms with Gasteiger partial charge < -0.3 is 18.9 Å². The van der Waals surface area contributed by atoms with Crippen molar-refractivity contribution in [2.45, 2.75) is 57.7 Å².